The average Bonchev–Trinajstić information content (AvgIpc) is 3.11. The molecule has 0 saturated heterocycles. The van der Waals surface area contributed by atoms with Gasteiger partial charge in [0.05, 0.1) is 16.2 Å². The van der Waals surface area contributed by atoms with E-state index in [4.69, 9.17) is 4.42 Å². The fraction of sp³-hybridized carbons (Fsp3) is 0.222. The van der Waals surface area contributed by atoms with E-state index < -0.39 is 15.7 Å². The number of anilines is 1. The van der Waals surface area contributed by atoms with Crippen molar-refractivity contribution >= 4 is 21.8 Å². The van der Waals surface area contributed by atoms with Crippen LogP contribution < -0.4 is 5.32 Å². The summed E-state index contributed by atoms with van der Waals surface area (Å²) in [5, 5.41) is 10.1. The number of hydrogen-bond acceptors (Lipinski definition) is 7. The lowest BCUT2D eigenvalue weighted by Crippen LogP contribution is -2.14. The highest BCUT2D eigenvalue weighted by molar-refractivity contribution is 7.91. The van der Waals surface area contributed by atoms with E-state index in [0.29, 0.717) is 5.56 Å². The lowest BCUT2D eigenvalue weighted by atomic mass is 10.2. The van der Waals surface area contributed by atoms with Crippen molar-refractivity contribution in [2.45, 2.75) is 24.7 Å². The van der Waals surface area contributed by atoms with E-state index in [9.17, 15) is 13.2 Å². The Bertz CT molecular complexity index is 1020. The Labute approximate surface area is 156 Å². The second kappa shape index (κ2) is 8.09. The third kappa shape index (κ3) is 4.98. The van der Waals surface area contributed by atoms with Crippen LogP contribution in [0.25, 0.3) is 11.5 Å². The van der Waals surface area contributed by atoms with E-state index in [1.54, 1.807) is 48.8 Å². The largest absolute Gasteiger partial charge is 0.403 e. The third-order valence-corrected chi connectivity index (χ3v) is 5.59. The fourth-order valence-corrected chi connectivity index (χ4v) is 3.66. The standard InChI is InChI=1S/C18H18N4O4S/c1-13-6-8-15(9-7-13)27(24,25)11-3-5-16(23)20-18-22-21-17(26-18)14-4-2-10-19-12-14/h2,4,6-10,12H,3,5,11H2,1H3,(H,20,22,23). The Morgan fingerprint density at radius 1 is 1.15 bits per heavy atom. The van der Waals surface area contributed by atoms with Crippen molar-refractivity contribution in [2.24, 2.45) is 0 Å². The van der Waals surface area contributed by atoms with Crippen molar-refractivity contribution in [3.05, 3.63) is 54.4 Å². The van der Waals surface area contributed by atoms with E-state index >= 15 is 0 Å². The summed E-state index contributed by atoms with van der Waals surface area (Å²) in [4.78, 5) is 16.2. The Morgan fingerprint density at radius 3 is 2.63 bits per heavy atom. The monoisotopic (exact) mass is 386 g/mol. The molecule has 3 aromatic rings. The molecule has 0 unspecified atom stereocenters. The zero-order valence-electron chi connectivity index (χ0n) is 14.6. The molecule has 0 spiro atoms. The minimum Gasteiger partial charge on any atom is -0.403 e. The molecule has 1 amide bonds. The first-order valence-electron chi connectivity index (χ1n) is 8.27. The van der Waals surface area contributed by atoms with E-state index in [0.717, 1.165) is 5.56 Å². The van der Waals surface area contributed by atoms with Gasteiger partial charge in [0.2, 0.25) is 5.91 Å². The topological polar surface area (TPSA) is 115 Å². The number of benzene rings is 1. The van der Waals surface area contributed by atoms with E-state index in [2.05, 4.69) is 20.5 Å². The molecular weight excluding hydrogens is 368 g/mol. The number of pyridine rings is 1. The summed E-state index contributed by atoms with van der Waals surface area (Å²) in [5.41, 5.74) is 1.62. The Kier molecular flexibility index (Phi) is 5.60. The summed E-state index contributed by atoms with van der Waals surface area (Å²) in [6, 6.07) is 10.1. The average molecular weight is 386 g/mol. The number of carbonyl (C=O) groups is 1. The third-order valence-electron chi connectivity index (χ3n) is 3.78. The van der Waals surface area contributed by atoms with Crippen LogP contribution in [-0.2, 0) is 14.6 Å². The van der Waals surface area contributed by atoms with Crippen molar-refractivity contribution in [3.63, 3.8) is 0 Å². The van der Waals surface area contributed by atoms with Crippen LogP contribution >= 0.6 is 0 Å². The Morgan fingerprint density at radius 2 is 1.93 bits per heavy atom. The maximum Gasteiger partial charge on any atom is 0.322 e. The lowest BCUT2D eigenvalue weighted by Gasteiger charge is -2.05. The van der Waals surface area contributed by atoms with Gasteiger partial charge in [-0.1, -0.05) is 22.8 Å². The van der Waals surface area contributed by atoms with Crippen molar-refractivity contribution in [3.8, 4) is 11.5 Å². The molecule has 140 valence electrons. The molecule has 8 nitrogen and oxygen atoms in total. The quantitative estimate of drug-likeness (QED) is 0.663. The lowest BCUT2D eigenvalue weighted by molar-refractivity contribution is -0.116. The molecule has 0 aliphatic rings. The fourth-order valence-electron chi connectivity index (χ4n) is 2.35. The van der Waals surface area contributed by atoms with Crippen molar-refractivity contribution < 1.29 is 17.6 Å². The predicted octanol–water partition coefficient (Wildman–Crippen LogP) is 2.63. The minimum atomic E-state index is -3.42. The molecule has 0 fully saturated rings. The van der Waals surface area contributed by atoms with Gasteiger partial charge in [-0.25, -0.2) is 8.42 Å². The van der Waals surface area contributed by atoms with Gasteiger partial charge in [0.25, 0.3) is 5.89 Å². The molecule has 2 aromatic heterocycles. The summed E-state index contributed by atoms with van der Waals surface area (Å²) < 4.78 is 29.9. The Hall–Kier alpha value is -3.07. The Balaban J connectivity index is 1.51. The summed E-state index contributed by atoms with van der Waals surface area (Å²) in [6.45, 7) is 1.89. The van der Waals surface area contributed by atoms with E-state index in [1.165, 1.54) is 0 Å². The maximum absolute atomic E-state index is 12.3. The highest BCUT2D eigenvalue weighted by Crippen LogP contribution is 2.18. The number of nitrogens with zero attached hydrogens (tertiary/aromatic N) is 3. The first-order chi connectivity index (χ1) is 12.9. The van der Waals surface area contributed by atoms with E-state index in [-0.39, 0.29) is 35.4 Å². The van der Waals surface area contributed by atoms with Crippen LogP contribution in [0.2, 0.25) is 0 Å². The highest BCUT2D eigenvalue weighted by Gasteiger charge is 2.16. The number of hydrogen-bond donors (Lipinski definition) is 1. The highest BCUT2D eigenvalue weighted by atomic mass is 32.2. The zero-order valence-corrected chi connectivity index (χ0v) is 15.4. The number of rotatable bonds is 7. The van der Waals surface area contributed by atoms with Gasteiger partial charge < -0.3 is 4.42 Å². The number of nitrogens with one attached hydrogen (secondary N) is 1. The van der Waals surface area contributed by atoms with Gasteiger partial charge in [-0.2, -0.15) is 0 Å². The summed E-state index contributed by atoms with van der Waals surface area (Å²) in [7, 11) is -3.42. The minimum absolute atomic E-state index is 0.0235. The number of aromatic nitrogens is 3. The van der Waals surface area contributed by atoms with Crippen molar-refractivity contribution in [1.29, 1.82) is 0 Å². The molecule has 0 atom stereocenters. The molecule has 0 bridgehead atoms. The first-order valence-corrected chi connectivity index (χ1v) is 9.92. The molecule has 9 heteroatoms. The maximum atomic E-state index is 12.3. The van der Waals surface area contributed by atoms with Crippen molar-refractivity contribution in [1.82, 2.24) is 15.2 Å². The molecule has 27 heavy (non-hydrogen) atoms. The number of amides is 1. The second-order valence-corrected chi connectivity index (χ2v) is 8.05. The van der Waals surface area contributed by atoms with Gasteiger partial charge in [-0.3, -0.25) is 15.1 Å². The van der Waals surface area contributed by atoms with Crippen LogP contribution in [0.5, 0.6) is 0 Å². The van der Waals surface area contributed by atoms with Crippen LogP contribution in [0.1, 0.15) is 18.4 Å². The van der Waals surface area contributed by atoms with Crippen LogP contribution in [0.4, 0.5) is 6.01 Å². The number of sulfone groups is 1. The molecule has 1 aromatic carbocycles. The van der Waals surface area contributed by atoms with Crippen LogP contribution in [0.15, 0.2) is 58.1 Å². The van der Waals surface area contributed by atoms with Gasteiger partial charge in [-0.15, -0.1) is 5.10 Å². The molecule has 0 saturated carbocycles. The van der Waals surface area contributed by atoms with Gasteiger partial charge >= 0.3 is 6.01 Å². The molecular formula is C18H18N4O4S. The number of carbonyl (C=O) groups excluding carboxylic acids is 1. The SMILES string of the molecule is Cc1ccc(S(=O)(=O)CCCC(=O)Nc2nnc(-c3cccnc3)o2)cc1. The van der Waals surface area contributed by atoms with Crippen LogP contribution in [0, 0.1) is 6.92 Å². The number of aryl methyl sites for hydroxylation is 1. The molecule has 0 aliphatic heterocycles. The predicted molar refractivity (Wildman–Crippen MR) is 98.6 cm³/mol. The van der Waals surface area contributed by atoms with Gasteiger partial charge in [0.1, 0.15) is 0 Å². The smallest absolute Gasteiger partial charge is 0.322 e. The molecule has 3 rings (SSSR count). The van der Waals surface area contributed by atoms with Gasteiger partial charge in [0.15, 0.2) is 9.84 Å². The molecule has 1 N–H and O–H groups in total. The molecule has 0 radical (unpaired) electrons. The molecule has 0 aliphatic carbocycles. The second-order valence-electron chi connectivity index (χ2n) is 5.94. The van der Waals surface area contributed by atoms with E-state index in [1.807, 2.05) is 6.92 Å². The normalized spacial score (nSPS) is 11.3. The summed E-state index contributed by atoms with van der Waals surface area (Å²) in [5.74, 6) is -0.273. The first kappa shape index (κ1) is 18.7. The van der Waals surface area contributed by atoms with Crippen LogP contribution in [-0.4, -0.2) is 35.3 Å². The van der Waals surface area contributed by atoms with Crippen molar-refractivity contribution in [2.75, 3.05) is 11.1 Å². The van der Waals surface area contributed by atoms with Gasteiger partial charge in [0, 0.05) is 18.8 Å². The van der Waals surface area contributed by atoms with Gasteiger partial charge in [-0.05, 0) is 37.6 Å². The van der Waals surface area contributed by atoms with Crippen LogP contribution in [0.3, 0.4) is 0 Å². The molecule has 2 heterocycles. The summed E-state index contributed by atoms with van der Waals surface area (Å²) in [6.07, 6.45) is 3.39. The summed E-state index contributed by atoms with van der Waals surface area (Å²) >= 11 is 0. The zero-order chi connectivity index (χ0) is 19.3.